The van der Waals surface area contributed by atoms with Crippen LogP contribution in [0.4, 0.5) is 5.69 Å². The quantitative estimate of drug-likeness (QED) is 0.781. The van der Waals surface area contributed by atoms with Gasteiger partial charge in [-0.05, 0) is 72.3 Å². The minimum absolute atomic E-state index is 0.616. The van der Waals surface area contributed by atoms with Crippen LogP contribution in [-0.4, -0.2) is 25.7 Å². The van der Waals surface area contributed by atoms with Crippen molar-refractivity contribution in [2.24, 2.45) is 0 Å². The third-order valence-corrected chi connectivity index (χ3v) is 6.59. The predicted octanol–water partition coefficient (Wildman–Crippen LogP) is 4.87. The van der Waals surface area contributed by atoms with Crippen LogP contribution >= 0.6 is 23.2 Å². The summed E-state index contributed by atoms with van der Waals surface area (Å²) in [4.78, 5) is 2.69. The van der Waals surface area contributed by atoms with Crippen molar-refractivity contribution in [1.82, 2.24) is 5.32 Å². The summed E-state index contributed by atoms with van der Waals surface area (Å²) in [5.41, 5.74) is 7.01. The van der Waals surface area contributed by atoms with Crippen LogP contribution in [0.15, 0.2) is 30.3 Å². The molecule has 24 heavy (non-hydrogen) atoms. The summed E-state index contributed by atoms with van der Waals surface area (Å²) >= 11 is 12.3. The molecule has 2 aromatic rings. The third-order valence-electron chi connectivity index (χ3n) is 5.85. The second kappa shape index (κ2) is 5.66. The third kappa shape index (κ3) is 2.20. The molecule has 2 atom stereocenters. The first kappa shape index (κ1) is 15.1. The first-order valence-electron chi connectivity index (χ1n) is 8.82. The van der Waals surface area contributed by atoms with E-state index < -0.39 is 0 Å². The average Bonchev–Trinajstić information content (AvgIpc) is 2.94. The van der Waals surface area contributed by atoms with Crippen molar-refractivity contribution >= 4 is 28.9 Å². The number of hydrogen-bond acceptors (Lipinski definition) is 2. The first-order chi connectivity index (χ1) is 11.7. The zero-order valence-corrected chi connectivity index (χ0v) is 15.0. The number of halogens is 2. The fraction of sp³-hybridized carbons (Fsp3) is 0.400. The fourth-order valence-electron chi connectivity index (χ4n) is 4.80. The molecular formula is C20H20Cl2N2. The Labute approximate surface area is 152 Å². The maximum absolute atomic E-state index is 6.25. The van der Waals surface area contributed by atoms with E-state index in [0.29, 0.717) is 22.0 Å². The fourth-order valence-corrected chi connectivity index (χ4v) is 5.10. The van der Waals surface area contributed by atoms with Crippen molar-refractivity contribution in [2.75, 3.05) is 24.5 Å². The highest BCUT2D eigenvalue weighted by molar-refractivity contribution is 6.42. The number of hydrogen-bond donors (Lipinski definition) is 1. The number of nitrogens with zero attached hydrogens (tertiary/aromatic N) is 1. The Balaban J connectivity index is 1.67. The highest BCUT2D eigenvalue weighted by Gasteiger charge is 2.42. The van der Waals surface area contributed by atoms with E-state index in [-0.39, 0.29) is 0 Å². The number of nitrogens with one attached hydrogen (secondary N) is 1. The summed E-state index contributed by atoms with van der Waals surface area (Å²) < 4.78 is 0. The van der Waals surface area contributed by atoms with Gasteiger partial charge in [-0.2, -0.15) is 0 Å². The van der Waals surface area contributed by atoms with Crippen LogP contribution in [0.5, 0.6) is 0 Å². The van der Waals surface area contributed by atoms with E-state index in [1.165, 1.54) is 48.2 Å². The molecule has 0 spiro atoms. The molecule has 3 heterocycles. The Morgan fingerprint density at radius 3 is 2.83 bits per heavy atom. The summed E-state index contributed by atoms with van der Waals surface area (Å²) in [5, 5.41) is 4.84. The lowest BCUT2D eigenvalue weighted by Crippen LogP contribution is -2.45. The summed E-state index contributed by atoms with van der Waals surface area (Å²) in [6.45, 7) is 3.45. The molecule has 3 aliphatic rings. The Bertz CT molecular complexity index is 818. The van der Waals surface area contributed by atoms with Gasteiger partial charge in [0.1, 0.15) is 0 Å². The normalized spacial score (nSPS) is 24.7. The average molecular weight is 359 g/mol. The van der Waals surface area contributed by atoms with Crippen LogP contribution in [0.2, 0.25) is 10.0 Å². The zero-order chi connectivity index (χ0) is 16.3. The molecule has 1 saturated heterocycles. The van der Waals surface area contributed by atoms with Gasteiger partial charge < -0.3 is 10.2 Å². The maximum Gasteiger partial charge on any atom is 0.0598 e. The Hall–Kier alpha value is -1.22. The van der Waals surface area contributed by atoms with Gasteiger partial charge in [0.15, 0.2) is 0 Å². The number of piperidine rings is 1. The molecule has 0 saturated carbocycles. The van der Waals surface area contributed by atoms with Crippen molar-refractivity contribution < 1.29 is 0 Å². The molecule has 0 unspecified atom stereocenters. The molecular weight excluding hydrogens is 339 g/mol. The van der Waals surface area contributed by atoms with Crippen LogP contribution in [0, 0.1) is 0 Å². The van der Waals surface area contributed by atoms with Gasteiger partial charge in [-0.3, -0.25) is 0 Å². The molecule has 4 heteroatoms. The molecule has 2 nitrogen and oxygen atoms in total. The van der Waals surface area contributed by atoms with Crippen LogP contribution in [0.3, 0.4) is 0 Å². The van der Waals surface area contributed by atoms with Gasteiger partial charge in [-0.1, -0.05) is 29.3 Å². The molecule has 0 bridgehead atoms. The second-order valence-corrected chi connectivity index (χ2v) is 7.98. The van der Waals surface area contributed by atoms with Crippen LogP contribution in [0.25, 0.3) is 11.1 Å². The van der Waals surface area contributed by atoms with Gasteiger partial charge in [0.05, 0.1) is 10.0 Å². The molecule has 0 radical (unpaired) electrons. The molecule has 1 N–H and O–H groups in total. The lowest BCUT2D eigenvalue weighted by Gasteiger charge is -2.36. The summed E-state index contributed by atoms with van der Waals surface area (Å²) in [6, 6.07) is 11.4. The number of rotatable bonds is 1. The lowest BCUT2D eigenvalue weighted by molar-refractivity contribution is 0.400. The van der Waals surface area contributed by atoms with Crippen molar-refractivity contribution in [1.29, 1.82) is 0 Å². The second-order valence-electron chi connectivity index (χ2n) is 7.17. The van der Waals surface area contributed by atoms with E-state index in [1.807, 2.05) is 12.1 Å². The van der Waals surface area contributed by atoms with E-state index in [9.17, 15) is 0 Å². The highest BCUT2D eigenvalue weighted by Crippen LogP contribution is 2.49. The monoisotopic (exact) mass is 358 g/mol. The number of fused-ring (bicyclic) bond motifs is 3. The van der Waals surface area contributed by atoms with Gasteiger partial charge >= 0.3 is 0 Å². The number of anilines is 1. The number of benzene rings is 2. The van der Waals surface area contributed by atoms with E-state index in [0.717, 1.165) is 18.7 Å². The number of aryl methyl sites for hydroxylation is 1. The molecule has 5 rings (SSSR count). The van der Waals surface area contributed by atoms with Gasteiger partial charge in [0.25, 0.3) is 0 Å². The summed E-state index contributed by atoms with van der Waals surface area (Å²) in [6.07, 6.45) is 3.69. The van der Waals surface area contributed by atoms with Crippen molar-refractivity contribution in [3.63, 3.8) is 0 Å². The maximum atomic E-state index is 6.25. The van der Waals surface area contributed by atoms with E-state index in [2.05, 4.69) is 28.4 Å². The van der Waals surface area contributed by atoms with Crippen LogP contribution in [-0.2, 0) is 6.42 Å². The Kier molecular flexibility index (Phi) is 3.55. The first-order valence-corrected chi connectivity index (χ1v) is 9.57. The minimum atomic E-state index is 0.616. The standard InChI is InChI=1S/C20H20Cl2N2/c21-17-4-3-12(10-18(17)22)14-8-13-2-1-7-24-19-5-6-23-11-16(19)15(9-14)20(13)24/h3-4,8-10,16,19,23H,1-2,5-7,11H2/t16-,19-/m0/s1. The zero-order valence-electron chi connectivity index (χ0n) is 13.5. The Morgan fingerprint density at radius 2 is 1.96 bits per heavy atom. The molecule has 2 aromatic carbocycles. The van der Waals surface area contributed by atoms with Gasteiger partial charge in [0, 0.05) is 30.7 Å². The van der Waals surface area contributed by atoms with Crippen molar-refractivity contribution in [2.45, 2.75) is 31.2 Å². The van der Waals surface area contributed by atoms with Crippen molar-refractivity contribution in [3.05, 3.63) is 51.5 Å². The van der Waals surface area contributed by atoms with E-state index in [1.54, 1.807) is 0 Å². The van der Waals surface area contributed by atoms with Crippen molar-refractivity contribution in [3.8, 4) is 11.1 Å². The predicted molar refractivity (Wildman–Crippen MR) is 102 cm³/mol. The van der Waals surface area contributed by atoms with Gasteiger partial charge in [0.2, 0.25) is 0 Å². The summed E-state index contributed by atoms with van der Waals surface area (Å²) in [5.74, 6) is 0.619. The molecule has 1 fully saturated rings. The van der Waals surface area contributed by atoms with E-state index in [4.69, 9.17) is 23.2 Å². The minimum Gasteiger partial charge on any atom is -0.367 e. The molecule has 3 aliphatic heterocycles. The largest absolute Gasteiger partial charge is 0.367 e. The molecule has 0 aromatic heterocycles. The van der Waals surface area contributed by atoms with Gasteiger partial charge in [-0.15, -0.1) is 0 Å². The topological polar surface area (TPSA) is 15.3 Å². The molecule has 0 aliphatic carbocycles. The molecule has 0 amide bonds. The summed E-state index contributed by atoms with van der Waals surface area (Å²) in [7, 11) is 0. The molecule has 124 valence electrons. The van der Waals surface area contributed by atoms with Crippen LogP contribution in [0.1, 0.15) is 29.9 Å². The smallest absolute Gasteiger partial charge is 0.0598 e. The van der Waals surface area contributed by atoms with Gasteiger partial charge in [-0.25, -0.2) is 0 Å². The Morgan fingerprint density at radius 1 is 1.04 bits per heavy atom. The SMILES string of the molecule is Clc1ccc(-c2cc3c4c(c2)[C@@H]2CNCC[C@@H]2N4CCC3)cc1Cl. The highest BCUT2D eigenvalue weighted by atomic mass is 35.5. The van der Waals surface area contributed by atoms with Crippen LogP contribution < -0.4 is 10.2 Å². The van der Waals surface area contributed by atoms with E-state index >= 15 is 0 Å². The lowest BCUT2D eigenvalue weighted by atomic mass is 9.87.